The lowest BCUT2D eigenvalue weighted by Gasteiger charge is -2.11. The van der Waals surface area contributed by atoms with Gasteiger partial charge in [-0.05, 0) is 14.1 Å². The number of likely N-dealkylation sites (N-methyl/N-ethyl adjacent to an activating group) is 1. The first-order chi connectivity index (χ1) is 6.74. The molecule has 4 nitrogen and oxygen atoms in total. The standard InChI is InChI=1S/C9H17N3OS/c1-11(2)5-6-12-4-3-10-9(12)14-8-7-13/h3-4,13H,5-8H2,1-2H3. The van der Waals surface area contributed by atoms with E-state index in [1.165, 1.54) is 0 Å². The van der Waals surface area contributed by atoms with Crippen LogP contribution in [0.2, 0.25) is 0 Å². The van der Waals surface area contributed by atoms with E-state index in [0.29, 0.717) is 5.75 Å². The topological polar surface area (TPSA) is 41.3 Å². The van der Waals surface area contributed by atoms with Gasteiger partial charge in [-0.15, -0.1) is 0 Å². The van der Waals surface area contributed by atoms with E-state index in [-0.39, 0.29) is 6.61 Å². The third-order valence-electron chi connectivity index (χ3n) is 1.79. The predicted molar refractivity (Wildman–Crippen MR) is 58.6 cm³/mol. The number of aliphatic hydroxyl groups excluding tert-OH is 1. The van der Waals surface area contributed by atoms with Gasteiger partial charge in [-0.3, -0.25) is 0 Å². The molecule has 0 atom stereocenters. The van der Waals surface area contributed by atoms with E-state index < -0.39 is 0 Å². The first kappa shape index (κ1) is 11.6. The van der Waals surface area contributed by atoms with Crippen LogP contribution in [0, 0.1) is 0 Å². The normalized spacial score (nSPS) is 11.1. The summed E-state index contributed by atoms with van der Waals surface area (Å²) < 4.78 is 2.11. The summed E-state index contributed by atoms with van der Waals surface area (Å²) in [5.41, 5.74) is 0. The number of nitrogens with zero attached hydrogens (tertiary/aromatic N) is 3. The minimum atomic E-state index is 0.200. The number of thioether (sulfide) groups is 1. The van der Waals surface area contributed by atoms with Gasteiger partial charge in [0, 0.05) is 31.2 Å². The molecule has 0 aliphatic rings. The first-order valence-electron chi connectivity index (χ1n) is 4.63. The minimum absolute atomic E-state index is 0.200. The Hall–Kier alpha value is -0.520. The third kappa shape index (κ3) is 3.69. The maximum absolute atomic E-state index is 8.71. The average molecular weight is 215 g/mol. The molecule has 1 rings (SSSR count). The van der Waals surface area contributed by atoms with Crippen LogP contribution >= 0.6 is 11.8 Å². The summed E-state index contributed by atoms with van der Waals surface area (Å²) in [4.78, 5) is 6.37. The number of imidazole rings is 1. The molecule has 0 spiro atoms. The monoisotopic (exact) mass is 215 g/mol. The van der Waals surface area contributed by atoms with Crippen molar-refractivity contribution >= 4 is 11.8 Å². The van der Waals surface area contributed by atoms with Crippen molar-refractivity contribution in [1.82, 2.24) is 14.5 Å². The number of hydrogen-bond acceptors (Lipinski definition) is 4. The first-order valence-corrected chi connectivity index (χ1v) is 5.62. The van der Waals surface area contributed by atoms with Gasteiger partial charge in [-0.1, -0.05) is 11.8 Å². The predicted octanol–water partition coefficient (Wildman–Crippen LogP) is 0.529. The average Bonchev–Trinajstić information content (AvgIpc) is 2.58. The highest BCUT2D eigenvalue weighted by molar-refractivity contribution is 7.99. The van der Waals surface area contributed by atoms with Gasteiger partial charge in [0.2, 0.25) is 0 Å². The van der Waals surface area contributed by atoms with Crippen LogP contribution in [0.5, 0.6) is 0 Å². The smallest absolute Gasteiger partial charge is 0.168 e. The Morgan fingerprint density at radius 1 is 1.57 bits per heavy atom. The Balaban J connectivity index is 2.45. The fourth-order valence-corrected chi connectivity index (χ4v) is 1.78. The van der Waals surface area contributed by atoms with Crippen LogP contribution in [0.3, 0.4) is 0 Å². The summed E-state index contributed by atoms with van der Waals surface area (Å²) in [6.07, 6.45) is 3.78. The van der Waals surface area contributed by atoms with Crippen molar-refractivity contribution in [3.8, 4) is 0 Å². The molecule has 0 radical (unpaired) electrons. The van der Waals surface area contributed by atoms with E-state index in [9.17, 15) is 0 Å². The van der Waals surface area contributed by atoms with E-state index in [4.69, 9.17) is 5.11 Å². The van der Waals surface area contributed by atoms with E-state index in [2.05, 4.69) is 28.5 Å². The SMILES string of the molecule is CN(C)CCn1ccnc1SCCO. The Morgan fingerprint density at radius 2 is 2.36 bits per heavy atom. The molecule has 0 saturated carbocycles. The number of rotatable bonds is 6. The molecule has 0 fully saturated rings. The van der Waals surface area contributed by atoms with Crippen molar-refractivity contribution in [1.29, 1.82) is 0 Å². The molecule has 1 heterocycles. The fourth-order valence-electron chi connectivity index (χ4n) is 1.05. The van der Waals surface area contributed by atoms with Gasteiger partial charge < -0.3 is 14.6 Å². The quantitative estimate of drug-likeness (QED) is 0.703. The van der Waals surface area contributed by atoms with Crippen LogP contribution in [0.1, 0.15) is 0 Å². The van der Waals surface area contributed by atoms with Crippen LogP contribution in [0.25, 0.3) is 0 Å². The summed E-state index contributed by atoms with van der Waals surface area (Å²) in [6, 6.07) is 0. The zero-order valence-electron chi connectivity index (χ0n) is 8.68. The molecule has 1 aromatic heterocycles. The summed E-state index contributed by atoms with van der Waals surface area (Å²) in [5.74, 6) is 0.707. The highest BCUT2D eigenvalue weighted by Gasteiger charge is 2.02. The molecule has 80 valence electrons. The van der Waals surface area contributed by atoms with E-state index >= 15 is 0 Å². The van der Waals surface area contributed by atoms with Gasteiger partial charge in [0.15, 0.2) is 5.16 Å². The van der Waals surface area contributed by atoms with Crippen LogP contribution in [-0.4, -0.2) is 52.6 Å². The Bertz CT molecular complexity index is 262. The van der Waals surface area contributed by atoms with Gasteiger partial charge in [0.05, 0.1) is 6.61 Å². The van der Waals surface area contributed by atoms with Gasteiger partial charge in [-0.25, -0.2) is 4.98 Å². The van der Waals surface area contributed by atoms with Crippen molar-refractivity contribution in [2.24, 2.45) is 0 Å². The number of aromatic nitrogens is 2. The molecule has 0 aliphatic carbocycles. The van der Waals surface area contributed by atoms with Gasteiger partial charge in [-0.2, -0.15) is 0 Å². The third-order valence-corrected chi connectivity index (χ3v) is 2.77. The highest BCUT2D eigenvalue weighted by Crippen LogP contribution is 2.14. The Morgan fingerprint density at radius 3 is 3.00 bits per heavy atom. The lowest BCUT2D eigenvalue weighted by molar-refractivity contribution is 0.322. The van der Waals surface area contributed by atoms with Gasteiger partial charge >= 0.3 is 0 Å². The van der Waals surface area contributed by atoms with Crippen molar-refractivity contribution in [3.05, 3.63) is 12.4 Å². The molecule has 0 saturated heterocycles. The van der Waals surface area contributed by atoms with E-state index in [1.54, 1.807) is 18.0 Å². The molecule has 0 amide bonds. The molecule has 0 unspecified atom stereocenters. The second kappa shape index (κ2) is 6.06. The number of hydrogen-bond donors (Lipinski definition) is 1. The highest BCUT2D eigenvalue weighted by atomic mass is 32.2. The maximum Gasteiger partial charge on any atom is 0.168 e. The summed E-state index contributed by atoms with van der Waals surface area (Å²) in [7, 11) is 4.11. The molecule has 14 heavy (non-hydrogen) atoms. The second-order valence-corrected chi connectivity index (χ2v) is 4.34. The summed E-state index contributed by atoms with van der Waals surface area (Å²) in [5, 5.41) is 9.69. The van der Waals surface area contributed by atoms with Gasteiger partial charge in [0.1, 0.15) is 0 Å². The van der Waals surface area contributed by atoms with Crippen molar-refractivity contribution < 1.29 is 5.11 Å². The van der Waals surface area contributed by atoms with Crippen LogP contribution in [0.15, 0.2) is 17.6 Å². The molecule has 0 bridgehead atoms. The molecular formula is C9H17N3OS. The molecule has 1 aromatic rings. The Labute approximate surface area is 88.9 Å². The zero-order chi connectivity index (χ0) is 10.4. The lowest BCUT2D eigenvalue weighted by Crippen LogP contribution is -2.18. The lowest BCUT2D eigenvalue weighted by atomic mass is 10.6. The van der Waals surface area contributed by atoms with Crippen LogP contribution in [-0.2, 0) is 6.54 Å². The largest absolute Gasteiger partial charge is 0.396 e. The molecule has 0 aliphatic heterocycles. The Kier molecular flexibility index (Phi) is 5.00. The fraction of sp³-hybridized carbons (Fsp3) is 0.667. The van der Waals surface area contributed by atoms with E-state index in [1.807, 2.05) is 6.20 Å². The van der Waals surface area contributed by atoms with Crippen LogP contribution in [0.4, 0.5) is 0 Å². The van der Waals surface area contributed by atoms with Crippen molar-refractivity contribution in [3.63, 3.8) is 0 Å². The molecular weight excluding hydrogens is 198 g/mol. The van der Waals surface area contributed by atoms with Crippen molar-refractivity contribution in [2.75, 3.05) is 33.0 Å². The summed E-state index contributed by atoms with van der Waals surface area (Å²) in [6.45, 7) is 2.15. The van der Waals surface area contributed by atoms with Crippen molar-refractivity contribution in [2.45, 2.75) is 11.7 Å². The number of aliphatic hydroxyl groups is 1. The van der Waals surface area contributed by atoms with Crippen LogP contribution < -0.4 is 0 Å². The second-order valence-electron chi connectivity index (χ2n) is 3.28. The minimum Gasteiger partial charge on any atom is -0.396 e. The van der Waals surface area contributed by atoms with E-state index in [0.717, 1.165) is 18.2 Å². The molecule has 5 heteroatoms. The maximum atomic E-state index is 8.71. The zero-order valence-corrected chi connectivity index (χ0v) is 9.50. The van der Waals surface area contributed by atoms with Gasteiger partial charge in [0.25, 0.3) is 0 Å². The summed E-state index contributed by atoms with van der Waals surface area (Å²) >= 11 is 1.59. The molecule has 1 N–H and O–H groups in total. The molecule has 0 aromatic carbocycles.